The van der Waals surface area contributed by atoms with Gasteiger partial charge >= 0.3 is 0 Å². The van der Waals surface area contributed by atoms with E-state index in [9.17, 15) is 12.8 Å². The summed E-state index contributed by atoms with van der Waals surface area (Å²) in [5.41, 5.74) is 2.99. The van der Waals surface area contributed by atoms with Crippen LogP contribution < -0.4 is 9.46 Å². The molecule has 0 saturated heterocycles. The van der Waals surface area contributed by atoms with E-state index in [0.717, 1.165) is 34.9 Å². The lowest BCUT2D eigenvalue weighted by molar-refractivity contribution is 0.416. The number of aryl methyl sites for hydroxylation is 1. The first-order chi connectivity index (χ1) is 12.8. The number of benzene rings is 2. The fourth-order valence-electron chi connectivity index (χ4n) is 2.58. The van der Waals surface area contributed by atoms with Crippen LogP contribution in [0.2, 0.25) is 5.02 Å². The Balaban J connectivity index is 1.96. The van der Waals surface area contributed by atoms with Crippen molar-refractivity contribution in [3.8, 4) is 16.9 Å². The predicted octanol–water partition coefficient (Wildman–Crippen LogP) is 4.66. The first kappa shape index (κ1) is 19.1. The highest BCUT2D eigenvalue weighted by atomic mass is 35.5. The fourth-order valence-corrected chi connectivity index (χ4v) is 3.90. The number of ether oxygens (including phenoxy) is 1. The minimum atomic E-state index is -3.93. The summed E-state index contributed by atoms with van der Waals surface area (Å²) < 4.78 is 46.2. The number of pyridine rings is 1. The van der Waals surface area contributed by atoms with Crippen LogP contribution in [0.3, 0.4) is 0 Å². The highest BCUT2D eigenvalue weighted by Gasteiger charge is 2.17. The van der Waals surface area contributed by atoms with E-state index in [1.165, 1.54) is 7.11 Å². The maximum atomic E-state index is 13.3. The predicted molar refractivity (Wildman–Crippen MR) is 103 cm³/mol. The summed E-state index contributed by atoms with van der Waals surface area (Å²) in [6.07, 6.45) is 3.42. The van der Waals surface area contributed by atoms with Gasteiger partial charge in [-0.1, -0.05) is 11.6 Å². The maximum absolute atomic E-state index is 13.3. The molecule has 0 bridgehead atoms. The number of methoxy groups -OCH3 is 1. The molecule has 0 aliphatic rings. The van der Waals surface area contributed by atoms with Crippen LogP contribution in [0, 0.1) is 12.7 Å². The number of rotatable bonds is 5. The van der Waals surface area contributed by atoms with Gasteiger partial charge in [0.1, 0.15) is 11.6 Å². The van der Waals surface area contributed by atoms with Crippen molar-refractivity contribution < 1.29 is 17.5 Å². The Morgan fingerprint density at radius 3 is 2.56 bits per heavy atom. The van der Waals surface area contributed by atoms with Crippen LogP contribution >= 0.6 is 11.6 Å². The second-order valence-corrected chi connectivity index (χ2v) is 7.88. The van der Waals surface area contributed by atoms with E-state index in [2.05, 4.69) is 9.71 Å². The molecule has 2 aromatic carbocycles. The van der Waals surface area contributed by atoms with E-state index in [1.54, 1.807) is 30.6 Å². The second kappa shape index (κ2) is 7.54. The van der Waals surface area contributed by atoms with E-state index in [1.807, 2.05) is 13.0 Å². The third-order valence-electron chi connectivity index (χ3n) is 3.98. The zero-order valence-electron chi connectivity index (χ0n) is 14.5. The van der Waals surface area contributed by atoms with E-state index >= 15 is 0 Å². The third kappa shape index (κ3) is 4.04. The van der Waals surface area contributed by atoms with Crippen LogP contribution in [0.5, 0.6) is 5.75 Å². The number of anilines is 1. The molecule has 8 heteroatoms. The van der Waals surface area contributed by atoms with Crippen LogP contribution in [-0.4, -0.2) is 20.5 Å². The molecule has 0 fully saturated rings. The van der Waals surface area contributed by atoms with Crippen molar-refractivity contribution in [2.24, 2.45) is 0 Å². The van der Waals surface area contributed by atoms with Gasteiger partial charge in [0.2, 0.25) is 0 Å². The van der Waals surface area contributed by atoms with Gasteiger partial charge in [-0.2, -0.15) is 0 Å². The van der Waals surface area contributed by atoms with Gasteiger partial charge in [0.25, 0.3) is 10.0 Å². The van der Waals surface area contributed by atoms with Crippen molar-refractivity contribution in [3.63, 3.8) is 0 Å². The average molecular weight is 407 g/mol. The molecule has 1 aromatic heterocycles. The second-order valence-electron chi connectivity index (χ2n) is 5.79. The summed E-state index contributed by atoms with van der Waals surface area (Å²) in [5, 5.41) is -0.266. The van der Waals surface area contributed by atoms with E-state index < -0.39 is 15.8 Å². The third-order valence-corrected chi connectivity index (χ3v) is 5.65. The lowest BCUT2D eigenvalue weighted by Gasteiger charge is -2.14. The summed E-state index contributed by atoms with van der Waals surface area (Å²) in [6, 6.07) is 10.0. The average Bonchev–Trinajstić information content (AvgIpc) is 2.64. The number of nitrogens with zero attached hydrogens (tertiary/aromatic N) is 1. The highest BCUT2D eigenvalue weighted by molar-refractivity contribution is 7.92. The topological polar surface area (TPSA) is 68.3 Å². The Kier molecular flexibility index (Phi) is 5.34. The van der Waals surface area contributed by atoms with Gasteiger partial charge in [0.15, 0.2) is 0 Å². The van der Waals surface area contributed by atoms with Crippen molar-refractivity contribution >= 4 is 27.3 Å². The number of nitrogens with one attached hydrogen (secondary N) is 1. The number of sulfonamides is 1. The quantitative estimate of drug-likeness (QED) is 0.669. The molecule has 0 aliphatic carbocycles. The zero-order chi connectivity index (χ0) is 19.6. The first-order valence-corrected chi connectivity index (χ1v) is 9.75. The molecule has 27 heavy (non-hydrogen) atoms. The number of hydrogen-bond donors (Lipinski definition) is 1. The van der Waals surface area contributed by atoms with Crippen LogP contribution in [0.15, 0.2) is 59.8 Å². The fraction of sp³-hybridized carbons (Fsp3) is 0.105. The van der Waals surface area contributed by atoms with E-state index in [-0.39, 0.29) is 9.92 Å². The molecule has 0 amide bonds. The SMILES string of the molecule is COc1cc(NS(=O)(=O)c2ccc(F)c(Cl)c2)ccc1-c1cnccc1C. The Morgan fingerprint density at radius 1 is 1.11 bits per heavy atom. The molecule has 140 valence electrons. The molecule has 0 unspecified atom stereocenters. The van der Waals surface area contributed by atoms with Gasteiger partial charge < -0.3 is 4.74 Å². The van der Waals surface area contributed by atoms with Gasteiger partial charge in [-0.3, -0.25) is 9.71 Å². The molecule has 0 radical (unpaired) electrons. The summed E-state index contributed by atoms with van der Waals surface area (Å²) in [4.78, 5) is 3.99. The van der Waals surface area contributed by atoms with Crippen molar-refractivity contribution in [3.05, 3.63) is 71.3 Å². The summed E-state index contributed by atoms with van der Waals surface area (Å²) >= 11 is 5.68. The molecule has 0 atom stereocenters. The number of halogens is 2. The molecule has 0 saturated carbocycles. The Bertz CT molecular complexity index is 1100. The molecule has 5 nitrogen and oxygen atoms in total. The first-order valence-electron chi connectivity index (χ1n) is 7.89. The van der Waals surface area contributed by atoms with Gasteiger partial charge in [-0.25, -0.2) is 12.8 Å². The van der Waals surface area contributed by atoms with E-state index in [4.69, 9.17) is 16.3 Å². The Labute approximate surface area is 161 Å². The normalized spacial score (nSPS) is 11.3. The van der Waals surface area contributed by atoms with Crippen LogP contribution in [0.4, 0.5) is 10.1 Å². The summed E-state index contributed by atoms with van der Waals surface area (Å²) in [5.74, 6) is -0.197. The van der Waals surface area contributed by atoms with Gasteiger partial charge in [0, 0.05) is 29.6 Å². The molecule has 3 aromatic rings. The van der Waals surface area contributed by atoms with Gasteiger partial charge in [-0.15, -0.1) is 0 Å². The van der Waals surface area contributed by atoms with Crippen molar-refractivity contribution in [1.82, 2.24) is 4.98 Å². The van der Waals surface area contributed by atoms with Crippen LogP contribution in [-0.2, 0) is 10.0 Å². The zero-order valence-corrected chi connectivity index (χ0v) is 16.1. The lowest BCUT2D eigenvalue weighted by Crippen LogP contribution is -2.13. The van der Waals surface area contributed by atoms with Gasteiger partial charge in [-0.05, 0) is 48.9 Å². The smallest absolute Gasteiger partial charge is 0.261 e. The minimum absolute atomic E-state index is 0.139. The Morgan fingerprint density at radius 2 is 1.89 bits per heavy atom. The molecular formula is C19H16ClFN2O3S. The summed E-state index contributed by atoms with van der Waals surface area (Å²) in [7, 11) is -2.43. The molecule has 0 spiro atoms. The molecule has 1 heterocycles. The molecule has 3 rings (SSSR count). The monoisotopic (exact) mass is 406 g/mol. The van der Waals surface area contributed by atoms with Crippen LogP contribution in [0.25, 0.3) is 11.1 Å². The Hall–Kier alpha value is -2.64. The highest BCUT2D eigenvalue weighted by Crippen LogP contribution is 2.34. The van der Waals surface area contributed by atoms with Crippen molar-refractivity contribution in [1.29, 1.82) is 0 Å². The molecule has 0 aliphatic heterocycles. The van der Waals surface area contributed by atoms with Crippen molar-refractivity contribution in [2.45, 2.75) is 11.8 Å². The van der Waals surface area contributed by atoms with Crippen molar-refractivity contribution in [2.75, 3.05) is 11.8 Å². The molecular weight excluding hydrogens is 391 g/mol. The van der Waals surface area contributed by atoms with Crippen LogP contribution in [0.1, 0.15) is 5.56 Å². The number of aromatic nitrogens is 1. The van der Waals surface area contributed by atoms with Gasteiger partial charge in [0.05, 0.1) is 22.7 Å². The van der Waals surface area contributed by atoms with E-state index in [0.29, 0.717) is 11.4 Å². The minimum Gasteiger partial charge on any atom is -0.496 e. The largest absolute Gasteiger partial charge is 0.496 e. The number of hydrogen-bond acceptors (Lipinski definition) is 4. The lowest BCUT2D eigenvalue weighted by atomic mass is 10.0. The molecule has 1 N–H and O–H groups in total. The maximum Gasteiger partial charge on any atom is 0.261 e. The standard InChI is InChI=1S/C19H16ClFN2O3S/c1-12-7-8-22-11-16(12)15-5-3-13(9-19(15)26-2)23-27(24,25)14-4-6-18(21)17(20)10-14/h3-11,23H,1-2H3. The summed E-state index contributed by atoms with van der Waals surface area (Å²) in [6.45, 7) is 1.95.